The minimum atomic E-state index is -0.597. The summed E-state index contributed by atoms with van der Waals surface area (Å²) in [4.78, 5) is 38.9. The molecular formula is C16H19ClN4O4. The van der Waals surface area contributed by atoms with Crippen LogP contribution in [0.15, 0.2) is 18.2 Å². The number of nitrogens with zero attached hydrogens (tertiary/aromatic N) is 3. The Balaban J connectivity index is 1.78. The van der Waals surface area contributed by atoms with E-state index in [-0.39, 0.29) is 28.2 Å². The maximum absolute atomic E-state index is 12.8. The van der Waals surface area contributed by atoms with Crippen molar-refractivity contribution in [2.75, 3.05) is 32.7 Å². The van der Waals surface area contributed by atoms with E-state index < -0.39 is 10.8 Å². The number of carbonyl (C=O) groups excluding carboxylic acids is 2. The fourth-order valence-corrected chi connectivity index (χ4v) is 3.57. The Morgan fingerprint density at radius 3 is 2.88 bits per heavy atom. The van der Waals surface area contributed by atoms with Gasteiger partial charge in [-0.15, -0.1) is 0 Å². The highest BCUT2D eigenvalue weighted by Gasteiger charge is 2.33. The van der Waals surface area contributed by atoms with Gasteiger partial charge in [0.15, 0.2) is 0 Å². The Morgan fingerprint density at radius 1 is 1.36 bits per heavy atom. The van der Waals surface area contributed by atoms with E-state index in [0.29, 0.717) is 26.2 Å². The zero-order chi connectivity index (χ0) is 18.0. The number of hydrogen-bond donors (Lipinski definition) is 1. The number of nitro benzene ring substituents is 1. The predicted octanol–water partition coefficient (Wildman–Crippen LogP) is 1.28. The van der Waals surface area contributed by atoms with Crippen LogP contribution in [0.2, 0.25) is 5.02 Å². The first-order chi connectivity index (χ1) is 12.0. The number of halogens is 1. The lowest BCUT2D eigenvalue weighted by Gasteiger charge is -2.41. The quantitative estimate of drug-likeness (QED) is 0.642. The van der Waals surface area contributed by atoms with Crippen LogP contribution in [0.5, 0.6) is 0 Å². The van der Waals surface area contributed by atoms with Crippen molar-refractivity contribution in [1.29, 1.82) is 0 Å². The number of piperidine rings is 1. The van der Waals surface area contributed by atoms with Crippen molar-refractivity contribution < 1.29 is 14.5 Å². The molecule has 134 valence electrons. The maximum atomic E-state index is 12.8. The molecule has 2 aliphatic rings. The van der Waals surface area contributed by atoms with E-state index in [4.69, 9.17) is 11.6 Å². The van der Waals surface area contributed by atoms with E-state index in [2.05, 4.69) is 5.32 Å². The Hall–Kier alpha value is -2.19. The summed E-state index contributed by atoms with van der Waals surface area (Å²) in [5.41, 5.74) is -0.264. The van der Waals surface area contributed by atoms with Crippen molar-refractivity contribution in [3.63, 3.8) is 0 Å². The van der Waals surface area contributed by atoms with Gasteiger partial charge >= 0.3 is 0 Å². The number of rotatable bonds is 3. The molecule has 0 bridgehead atoms. The molecule has 0 saturated carbocycles. The summed E-state index contributed by atoms with van der Waals surface area (Å²) in [5, 5.41) is 14.5. The molecule has 2 amide bonds. The Bertz CT molecular complexity index is 711. The van der Waals surface area contributed by atoms with Crippen molar-refractivity contribution in [3.8, 4) is 0 Å². The number of nitrogens with one attached hydrogen (secondary N) is 1. The van der Waals surface area contributed by atoms with Gasteiger partial charge in [-0.05, 0) is 25.0 Å². The predicted molar refractivity (Wildman–Crippen MR) is 91.6 cm³/mol. The average molecular weight is 367 g/mol. The third-order valence-corrected chi connectivity index (χ3v) is 4.87. The van der Waals surface area contributed by atoms with Crippen molar-refractivity contribution in [2.24, 2.45) is 0 Å². The van der Waals surface area contributed by atoms with E-state index in [1.54, 1.807) is 4.90 Å². The number of likely N-dealkylation sites (tertiary alicyclic amines) is 1. The number of amides is 2. The molecule has 2 fully saturated rings. The molecule has 1 aromatic carbocycles. The summed E-state index contributed by atoms with van der Waals surface area (Å²) in [6.07, 6.45) is 1.59. The molecule has 1 aromatic rings. The van der Waals surface area contributed by atoms with E-state index in [0.717, 1.165) is 19.4 Å². The summed E-state index contributed by atoms with van der Waals surface area (Å²) in [6.45, 7) is 2.58. The molecule has 2 aliphatic heterocycles. The second kappa shape index (κ2) is 7.37. The molecule has 8 nitrogen and oxygen atoms in total. The third kappa shape index (κ3) is 3.74. The van der Waals surface area contributed by atoms with Crippen LogP contribution in [0.25, 0.3) is 0 Å². The van der Waals surface area contributed by atoms with Crippen molar-refractivity contribution in [3.05, 3.63) is 38.9 Å². The first-order valence-electron chi connectivity index (χ1n) is 8.21. The molecule has 2 heterocycles. The largest absolute Gasteiger partial charge is 0.336 e. The molecule has 9 heteroatoms. The molecule has 0 aromatic heterocycles. The average Bonchev–Trinajstić information content (AvgIpc) is 2.61. The fourth-order valence-electron chi connectivity index (χ4n) is 3.41. The van der Waals surface area contributed by atoms with E-state index in [1.165, 1.54) is 18.2 Å². The second-order valence-corrected chi connectivity index (χ2v) is 6.67. The highest BCUT2D eigenvalue weighted by Crippen LogP contribution is 2.26. The topological polar surface area (TPSA) is 95.8 Å². The lowest BCUT2D eigenvalue weighted by molar-refractivity contribution is -0.385. The van der Waals surface area contributed by atoms with Crippen LogP contribution in [0.4, 0.5) is 5.69 Å². The van der Waals surface area contributed by atoms with Gasteiger partial charge < -0.3 is 15.1 Å². The zero-order valence-electron chi connectivity index (χ0n) is 13.6. The van der Waals surface area contributed by atoms with Crippen LogP contribution in [0, 0.1) is 10.1 Å². The first kappa shape index (κ1) is 17.6. The van der Waals surface area contributed by atoms with Gasteiger partial charge in [0.25, 0.3) is 11.6 Å². The Kier molecular flexibility index (Phi) is 5.19. The number of carbonyl (C=O) groups is 2. The van der Waals surface area contributed by atoms with Gasteiger partial charge in [-0.2, -0.15) is 0 Å². The van der Waals surface area contributed by atoms with E-state index in [9.17, 15) is 19.7 Å². The van der Waals surface area contributed by atoms with Gasteiger partial charge in [-0.3, -0.25) is 19.7 Å². The number of nitro groups is 1. The van der Waals surface area contributed by atoms with Gasteiger partial charge in [0.2, 0.25) is 5.91 Å². The maximum Gasteiger partial charge on any atom is 0.283 e. The highest BCUT2D eigenvalue weighted by molar-refractivity contribution is 6.31. The molecule has 0 aliphatic carbocycles. The highest BCUT2D eigenvalue weighted by atomic mass is 35.5. The standard InChI is InChI=1S/C16H19ClN4O4/c17-11-3-4-13(14(8-11)21(24)25)16(23)19-6-1-2-12(10-19)20-7-5-18-9-15(20)22/h3-4,8,12,18H,1-2,5-7,9-10H2. The second-order valence-electron chi connectivity index (χ2n) is 6.23. The van der Waals surface area contributed by atoms with Crippen LogP contribution >= 0.6 is 11.6 Å². The summed E-state index contributed by atoms with van der Waals surface area (Å²) >= 11 is 5.81. The lowest BCUT2D eigenvalue weighted by Crippen LogP contribution is -2.57. The van der Waals surface area contributed by atoms with Gasteiger partial charge in [0, 0.05) is 43.3 Å². The number of piperazine rings is 1. The molecule has 1 unspecified atom stereocenters. The van der Waals surface area contributed by atoms with Gasteiger partial charge in [0.1, 0.15) is 5.56 Å². The summed E-state index contributed by atoms with van der Waals surface area (Å²) in [6, 6.07) is 4.01. The van der Waals surface area contributed by atoms with Crippen LogP contribution in [0.1, 0.15) is 23.2 Å². The summed E-state index contributed by atoms with van der Waals surface area (Å²) in [5.74, 6) is -0.362. The Labute approximate surface area is 149 Å². The smallest absolute Gasteiger partial charge is 0.283 e. The molecule has 1 N–H and O–H groups in total. The van der Waals surface area contributed by atoms with Crippen molar-refractivity contribution in [1.82, 2.24) is 15.1 Å². The van der Waals surface area contributed by atoms with Crippen molar-refractivity contribution in [2.45, 2.75) is 18.9 Å². The van der Waals surface area contributed by atoms with Gasteiger partial charge in [0.05, 0.1) is 11.5 Å². The summed E-state index contributed by atoms with van der Waals surface area (Å²) < 4.78 is 0. The molecule has 1 atom stereocenters. The van der Waals surface area contributed by atoms with Crippen LogP contribution < -0.4 is 5.32 Å². The molecule has 0 radical (unpaired) electrons. The lowest BCUT2D eigenvalue weighted by atomic mass is 10.0. The number of hydrogen-bond acceptors (Lipinski definition) is 5. The normalized spacial score (nSPS) is 21.3. The fraction of sp³-hybridized carbons (Fsp3) is 0.500. The molecule has 2 saturated heterocycles. The van der Waals surface area contributed by atoms with Gasteiger partial charge in [-0.25, -0.2) is 0 Å². The first-order valence-corrected chi connectivity index (χ1v) is 8.58. The van der Waals surface area contributed by atoms with Crippen LogP contribution in [-0.4, -0.2) is 65.3 Å². The summed E-state index contributed by atoms with van der Waals surface area (Å²) in [7, 11) is 0. The third-order valence-electron chi connectivity index (χ3n) is 4.64. The monoisotopic (exact) mass is 366 g/mol. The van der Waals surface area contributed by atoms with Crippen molar-refractivity contribution >= 4 is 29.1 Å². The molecule has 25 heavy (non-hydrogen) atoms. The molecular weight excluding hydrogens is 348 g/mol. The van der Waals surface area contributed by atoms with Crippen LogP contribution in [0.3, 0.4) is 0 Å². The minimum Gasteiger partial charge on any atom is -0.336 e. The number of benzene rings is 1. The SMILES string of the molecule is O=C(c1ccc(Cl)cc1[N+](=O)[O-])N1CCCC(N2CCNCC2=O)C1. The van der Waals surface area contributed by atoms with Gasteiger partial charge in [-0.1, -0.05) is 11.6 Å². The van der Waals surface area contributed by atoms with E-state index >= 15 is 0 Å². The molecule has 3 rings (SSSR count). The zero-order valence-corrected chi connectivity index (χ0v) is 14.4. The van der Waals surface area contributed by atoms with Crippen LogP contribution in [-0.2, 0) is 4.79 Å². The molecule has 0 spiro atoms. The minimum absolute atomic E-state index is 0.0293. The van der Waals surface area contributed by atoms with E-state index in [1.807, 2.05) is 4.90 Å². The Morgan fingerprint density at radius 2 is 2.16 bits per heavy atom.